The number of aliphatic hydroxyl groups is 1. The fourth-order valence-electron chi connectivity index (χ4n) is 2.97. The van der Waals surface area contributed by atoms with E-state index >= 15 is 0 Å². The fourth-order valence-corrected chi connectivity index (χ4v) is 5.09. The first-order valence-corrected chi connectivity index (χ1v) is 11.0. The molecule has 0 radical (unpaired) electrons. The van der Waals surface area contributed by atoms with Gasteiger partial charge in [0.05, 0.1) is 15.6 Å². The van der Waals surface area contributed by atoms with E-state index in [4.69, 9.17) is 23.2 Å². The Balaban J connectivity index is 1.85. The van der Waals surface area contributed by atoms with Crippen LogP contribution in [-0.2, 0) is 10.0 Å². The predicted molar refractivity (Wildman–Crippen MR) is 109 cm³/mol. The van der Waals surface area contributed by atoms with E-state index in [-0.39, 0.29) is 39.3 Å². The number of benzene rings is 2. The number of halogens is 3. The summed E-state index contributed by atoms with van der Waals surface area (Å²) in [6.45, 7) is 1.96. The molecule has 1 aliphatic rings. The lowest BCUT2D eigenvalue weighted by atomic mass is 9.95. The zero-order valence-electron chi connectivity index (χ0n) is 15.5. The topological polar surface area (TPSA) is 86.7 Å². The van der Waals surface area contributed by atoms with Crippen LogP contribution in [0.5, 0.6) is 0 Å². The number of rotatable bonds is 4. The maximum atomic E-state index is 13.3. The summed E-state index contributed by atoms with van der Waals surface area (Å²) in [6, 6.07) is 7.63. The van der Waals surface area contributed by atoms with Crippen LogP contribution in [0, 0.1) is 5.82 Å². The molecule has 0 aromatic heterocycles. The number of amides is 1. The molecule has 10 heteroatoms. The van der Waals surface area contributed by atoms with Crippen LogP contribution < -0.4 is 5.32 Å². The second kappa shape index (κ2) is 8.20. The van der Waals surface area contributed by atoms with E-state index in [0.29, 0.717) is 12.8 Å². The summed E-state index contributed by atoms with van der Waals surface area (Å²) in [6.07, 6.45) is 0.602. The highest BCUT2D eigenvalue weighted by molar-refractivity contribution is 7.89. The van der Waals surface area contributed by atoms with E-state index in [1.165, 1.54) is 34.6 Å². The summed E-state index contributed by atoms with van der Waals surface area (Å²) < 4.78 is 40.5. The number of nitrogens with one attached hydrogen (secondary N) is 1. The number of nitrogens with zero attached hydrogens (tertiary/aromatic N) is 1. The van der Waals surface area contributed by atoms with E-state index in [1.54, 1.807) is 6.92 Å². The third kappa shape index (κ3) is 4.90. The first kappa shape index (κ1) is 22.0. The molecule has 3 rings (SSSR count). The Labute approximate surface area is 178 Å². The van der Waals surface area contributed by atoms with Crippen LogP contribution in [0.4, 0.5) is 10.1 Å². The third-order valence-electron chi connectivity index (χ3n) is 4.79. The Kier molecular flexibility index (Phi) is 6.21. The highest BCUT2D eigenvalue weighted by atomic mass is 35.5. The molecule has 1 amide bonds. The van der Waals surface area contributed by atoms with E-state index in [1.807, 2.05) is 0 Å². The van der Waals surface area contributed by atoms with Crippen LogP contribution in [0.15, 0.2) is 41.3 Å². The van der Waals surface area contributed by atoms with E-state index < -0.39 is 27.3 Å². The molecule has 2 N–H and O–H groups in total. The Morgan fingerprint density at radius 2 is 1.79 bits per heavy atom. The van der Waals surface area contributed by atoms with Crippen LogP contribution in [-0.4, -0.2) is 42.4 Å². The highest BCUT2D eigenvalue weighted by Gasteiger charge is 2.35. The molecule has 1 fully saturated rings. The molecule has 0 spiro atoms. The van der Waals surface area contributed by atoms with Gasteiger partial charge in [-0.05, 0) is 56.2 Å². The largest absolute Gasteiger partial charge is 0.390 e. The first-order chi connectivity index (χ1) is 13.5. The molecular weight excluding hydrogens is 442 g/mol. The van der Waals surface area contributed by atoms with Crippen LogP contribution in [0.25, 0.3) is 0 Å². The Morgan fingerprint density at radius 1 is 1.14 bits per heavy atom. The summed E-state index contributed by atoms with van der Waals surface area (Å²) in [7, 11) is -3.94. The van der Waals surface area contributed by atoms with Gasteiger partial charge in [0, 0.05) is 24.3 Å². The van der Waals surface area contributed by atoms with Gasteiger partial charge < -0.3 is 10.4 Å². The van der Waals surface area contributed by atoms with Gasteiger partial charge in [-0.15, -0.1) is 0 Å². The smallest absolute Gasteiger partial charge is 0.255 e. The molecule has 29 heavy (non-hydrogen) atoms. The van der Waals surface area contributed by atoms with Crippen LogP contribution in [0.2, 0.25) is 10.0 Å². The number of sulfonamides is 1. The van der Waals surface area contributed by atoms with Crippen molar-refractivity contribution in [3.8, 4) is 0 Å². The number of piperidine rings is 1. The molecule has 0 saturated carbocycles. The lowest BCUT2D eigenvalue weighted by molar-refractivity contribution is 0.0126. The van der Waals surface area contributed by atoms with Crippen molar-refractivity contribution in [1.29, 1.82) is 0 Å². The molecule has 1 heterocycles. The summed E-state index contributed by atoms with van der Waals surface area (Å²) in [5, 5.41) is 12.4. The highest BCUT2D eigenvalue weighted by Crippen LogP contribution is 2.30. The number of hydrogen-bond donors (Lipinski definition) is 2. The molecule has 2 aromatic rings. The molecule has 1 aliphatic heterocycles. The first-order valence-electron chi connectivity index (χ1n) is 8.78. The van der Waals surface area contributed by atoms with Gasteiger partial charge in [-0.3, -0.25) is 4.79 Å². The van der Waals surface area contributed by atoms with Gasteiger partial charge in [0.25, 0.3) is 5.91 Å². The molecule has 0 bridgehead atoms. The normalized spacial score (nSPS) is 17.1. The summed E-state index contributed by atoms with van der Waals surface area (Å²) in [5.74, 6) is -1.22. The van der Waals surface area contributed by atoms with Gasteiger partial charge in [-0.1, -0.05) is 23.2 Å². The van der Waals surface area contributed by atoms with Crippen molar-refractivity contribution < 1.29 is 22.7 Å². The molecule has 0 unspecified atom stereocenters. The maximum absolute atomic E-state index is 13.3. The summed E-state index contributed by atoms with van der Waals surface area (Å²) in [4.78, 5) is 12.3. The fraction of sp³-hybridized carbons (Fsp3) is 0.316. The minimum atomic E-state index is -3.94. The third-order valence-corrected chi connectivity index (χ3v) is 7.46. The maximum Gasteiger partial charge on any atom is 0.255 e. The zero-order chi connectivity index (χ0) is 21.4. The Morgan fingerprint density at radius 3 is 2.41 bits per heavy atom. The molecule has 1 saturated heterocycles. The van der Waals surface area contributed by atoms with Crippen molar-refractivity contribution in [2.75, 3.05) is 18.4 Å². The SMILES string of the molecule is CC1(O)CCN(S(=O)(=O)c2cc(C(=O)Nc3ccc(F)c(Cl)c3)ccc2Cl)CC1. The van der Waals surface area contributed by atoms with Gasteiger partial charge in [0.1, 0.15) is 10.7 Å². The zero-order valence-corrected chi connectivity index (χ0v) is 17.8. The van der Waals surface area contributed by atoms with Crippen molar-refractivity contribution in [2.45, 2.75) is 30.3 Å². The lowest BCUT2D eigenvalue weighted by Crippen LogP contribution is -2.45. The Hall–Kier alpha value is -1.71. The lowest BCUT2D eigenvalue weighted by Gasteiger charge is -2.35. The second-order valence-electron chi connectivity index (χ2n) is 7.13. The van der Waals surface area contributed by atoms with Crippen LogP contribution >= 0.6 is 23.2 Å². The quantitative estimate of drug-likeness (QED) is 0.723. The predicted octanol–water partition coefficient (Wildman–Crippen LogP) is 3.92. The second-order valence-corrected chi connectivity index (χ2v) is 9.85. The van der Waals surface area contributed by atoms with Gasteiger partial charge in [0.15, 0.2) is 0 Å². The van der Waals surface area contributed by atoms with Gasteiger partial charge in [-0.2, -0.15) is 4.31 Å². The van der Waals surface area contributed by atoms with Crippen LogP contribution in [0.1, 0.15) is 30.1 Å². The summed E-state index contributed by atoms with van der Waals surface area (Å²) in [5.41, 5.74) is -0.579. The molecule has 156 valence electrons. The average molecular weight is 461 g/mol. The van der Waals surface area contributed by atoms with Gasteiger partial charge >= 0.3 is 0 Å². The van der Waals surface area contributed by atoms with E-state index in [2.05, 4.69) is 5.32 Å². The molecule has 0 aliphatic carbocycles. The number of hydrogen-bond acceptors (Lipinski definition) is 4. The van der Waals surface area contributed by atoms with Crippen molar-refractivity contribution in [1.82, 2.24) is 4.31 Å². The molecule has 2 aromatic carbocycles. The average Bonchev–Trinajstić information content (AvgIpc) is 2.64. The summed E-state index contributed by atoms with van der Waals surface area (Å²) >= 11 is 11.8. The minimum Gasteiger partial charge on any atom is -0.390 e. The Bertz CT molecular complexity index is 1050. The number of carbonyl (C=O) groups is 1. The molecule has 6 nitrogen and oxygen atoms in total. The van der Waals surface area contributed by atoms with E-state index in [9.17, 15) is 22.7 Å². The minimum absolute atomic E-state index is 0.0105. The standard InChI is InChI=1S/C19H19Cl2FN2O4S/c1-19(26)6-8-24(9-7-19)29(27,28)17-10-12(2-4-14(17)20)18(25)23-13-3-5-16(22)15(21)11-13/h2-5,10-11,26H,6-9H2,1H3,(H,23,25). The molecular formula is C19H19Cl2FN2O4S. The van der Waals surface area contributed by atoms with Crippen molar-refractivity contribution in [2.24, 2.45) is 0 Å². The van der Waals surface area contributed by atoms with Crippen molar-refractivity contribution in [3.05, 3.63) is 57.8 Å². The number of anilines is 1. The van der Waals surface area contributed by atoms with Gasteiger partial charge in [-0.25, -0.2) is 12.8 Å². The van der Waals surface area contributed by atoms with Crippen molar-refractivity contribution in [3.63, 3.8) is 0 Å². The van der Waals surface area contributed by atoms with Gasteiger partial charge in [0.2, 0.25) is 10.0 Å². The van der Waals surface area contributed by atoms with Crippen molar-refractivity contribution >= 4 is 44.8 Å². The van der Waals surface area contributed by atoms with Crippen LogP contribution in [0.3, 0.4) is 0 Å². The molecule has 0 atom stereocenters. The number of carbonyl (C=O) groups excluding carboxylic acids is 1. The van der Waals surface area contributed by atoms with E-state index in [0.717, 1.165) is 6.07 Å². The monoisotopic (exact) mass is 460 g/mol.